The van der Waals surface area contributed by atoms with Crippen LogP contribution in [-0.4, -0.2) is 16.9 Å². The van der Waals surface area contributed by atoms with Crippen molar-refractivity contribution in [2.24, 2.45) is 5.92 Å². The number of rotatable bonds is 7. The van der Waals surface area contributed by atoms with E-state index in [9.17, 15) is 9.59 Å². The lowest BCUT2D eigenvalue weighted by Crippen LogP contribution is -2.34. The minimum atomic E-state index is -0.252. The highest BCUT2D eigenvalue weighted by Gasteiger charge is 2.06. The van der Waals surface area contributed by atoms with Gasteiger partial charge in [0.25, 0.3) is 0 Å². The van der Waals surface area contributed by atoms with Crippen LogP contribution in [0.5, 0.6) is 0 Å². The molecule has 0 saturated carbocycles. The molecule has 0 aliphatic rings. The van der Waals surface area contributed by atoms with E-state index in [0.29, 0.717) is 25.4 Å². The molecule has 2 rings (SSSR count). The van der Waals surface area contributed by atoms with Crippen molar-refractivity contribution in [3.63, 3.8) is 0 Å². The lowest BCUT2D eigenvalue weighted by atomic mass is 10.1. The van der Waals surface area contributed by atoms with E-state index in [1.807, 2.05) is 50.2 Å². The summed E-state index contributed by atoms with van der Waals surface area (Å²) in [5, 5.41) is 8.45. The highest BCUT2D eigenvalue weighted by Crippen LogP contribution is 2.12. The number of nitrogens with one attached hydrogen (secondary N) is 3. The van der Waals surface area contributed by atoms with E-state index in [1.165, 1.54) is 0 Å². The van der Waals surface area contributed by atoms with Crippen LogP contribution in [0.25, 0.3) is 0 Å². The summed E-state index contributed by atoms with van der Waals surface area (Å²) < 4.78 is 0. The van der Waals surface area contributed by atoms with Crippen LogP contribution >= 0.6 is 0 Å². The quantitative estimate of drug-likeness (QED) is 0.724. The maximum absolute atomic E-state index is 11.9. The Hall–Kier alpha value is -2.89. The fraction of sp³-hybridized carbons (Fsp3) is 0.316. The van der Waals surface area contributed by atoms with Gasteiger partial charge in [0.05, 0.1) is 0 Å². The summed E-state index contributed by atoms with van der Waals surface area (Å²) in [5.41, 5.74) is 2.59. The number of urea groups is 1. The van der Waals surface area contributed by atoms with Gasteiger partial charge in [0.2, 0.25) is 5.91 Å². The molecule has 0 radical (unpaired) electrons. The first-order chi connectivity index (χ1) is 12.0. The van der Waals surface area contributed by atoms with Crippen molar-refractivity contribution in [1.82, 2.24) is 15.6 Å². The van der Waals surface area contributed by atoms with Crippen molar-refractivity contribution in [1.29, 1.82) is 0 Å². The molecule has 0 saturated heterocycles. The van der Waals surface area contributed by atoms with Gasteiger partial charge in [-0.15, -0.1) is 0 Å². The van der Waals surface area contributed by atoms with Crippen molar-refractivity contribution < 1.29 is 9.59 Å². The number of benzene rings is 1. The zero-order valence-electron chi connectivity index (χ0n) is 14.6. The SMILES string of the molecule is CC(C)CC(=O)Nc1cccc(CNC(=O)NCc2cccnc2)c1. The van der Waals surface area contributed by atoms with Crippen LogP contribution in [0.1, 0.15) is 31.4 Å². The first-order valence-electron chi connectivity index (χ1n) is 8.32. The predicted octanol–water partition coefficient (Wildman–Crippen LogP) is 3.07. The minimum Gasteiger partial charge on any atom is -0.334 e. The van der Waals surface area contributed by atoms with Gasteiger partial charge in [-0.25, -0.2) is 4.79 Å². The van der Waals surface area contributed by atoms with Crippen LogP contribution in [-0.2, 0) is 17.9 Å². The third-order valence-electron chi connectivity index (χ3n) is 3.43. The summed E-state index contributed by atoms with van der Waals surface area (Å²) in [6.45, 7) is 4.81. The van der Waals surface area contributed by atoms with Crippen molar-refractivity contribution in [2.45, 2.75) is 33.4 Å². The number of nitrogens with zero attached hydrogens (tertiary/aromatic N) is 1. The van der Waals surface area contributed by atoms with Gasteiger partial charge in [-0.3, -0.25) is 9.78 Å². The summed E-state index contributed by atoms with van der Waals surface area (Å²) >= 11 is 0. The van der Waals surface area contributed by atoms with E-state index in [-0.39, 0.29) is 11.9 Å². The number of aromatic nitrogens is 1. The Labute approximate surface area is 148 Å². The maximum atomic E-state index is 11.9. The number of anilines is 1. The Bertz CT molecular complexity index is 702. The van der Waals surface area contributed by atoms with Gasteiger partial charge in [-0.05, 0) is 35.2 Å². The Morgan fingerprint density at radius 3 is 2.44 bits per heavy atom. The lowest BCUT2D eigenvalue weighted by Gasteiger charge is -2.10. The van der Waals surface area contributed by atoms with Gasteiger partial charge in [0.1, 0.15) is 0 Å². The minimum absolute atomic E-state index is 0.00526. The number of hydrogen-bond acceptors (Lipinski definition) is 3. The zero-order valence-corrected chi connectivity index (χ0v) is 14.6. The molecule has 3 N–H and O–H groups in total. The molecule has 0 aliphatic carbocycles. The van der Waals surface area contributed by atoms with Crippen LogP contribution in [0.2, 0.25) is 0 Å². The Kier molecular flexibility index (Phi) is 6.95. The summed E-state index contributed by atoms with van der Waals surface area (Å²) in [4.78, 5) is 27.7. The molecule has 2 aromatic rings. The van der Waals surface area contributed by atoms with E-state index in [0.717, 1.165) is 16.8 Å². The van der Waals surface area contributed by atoms with Crippen LogP contribution in [0, 0.1) is 5.92 Å². The van der Waals surface area contributed by atoms with Gasteiger partial charge in [0, 0.05) is 37.6 Å². The fourth-order valence-electron chi connectivity index (χ4n) is 2.27. The molecule has 0 atom stereocenters. The average Bonchev–Trinajstić information content (AvgIpc) is 2.58. The molecular formula is C19H24N4O2. The average molecular weight is 340 g/mol. The van der Waals surface area contributed by atoms with Crippen LogP contribution < -0.4 is 16.0 Å². The predicted molar refractivity (Wildman–Crippen MR) is 97.8 cm³/mol. The molecule has 132 valence electrons. The molecule has 6 nitrogen and oxygen atoms in total. The lowest BCUT2D eigenvalue weighted by molar-refractivity contribution is -0.116. The molecule has 1 heterocycles. The standard InChI is InChI=1S/C19H24N4O2/c1-14(2)9-18(24)23-17-7-3-5-15(10-17)12-21-19(25)22-13-16-6-4-8-20-11-16/h3-8,10-11,14H,9,12-13H2,1-2H3,(H,23,24)(H2,21,22,25). The largest absolute Gasteiger partial charge is 0.334 e. The van der Waals surface area contributed by atoms with Crippen LogP contribution in [0.15, 0.2) is 48.8 Å². The van der Waals surface area contributed by atoms with Crippen molar-refractivity contribution >= 4 is 17.6 Å². The third-order valence-corrected chi connectivity index (χ3v) is 3.43. The Balaban J connectivity index is 1.79. The number of pyridine rings is 1. The monoisotopic (exact) mass is 340 g/mol. The molecule has 25 heavy (non-hydrogen) atoms. The Morgan fingerprint density at radius 1 is 1.04 bits per heavy atom. The second-order valence-corrected chi connectivity index (χ2v) is 6.24. The molecule has 0 aliphatic heterocycles. The van der Waals surface area contributed by atoms with Crippen LogP contribution in [0.3, 0.4) is 0 Å². The number of hydrogen-bond donors (Lipinski definition) is 3. The zero-order chi connectivity index (χ0) is 18.1. The number of amides is 3. The molecule has 0 fully saturated rings. The molecule has 6 heteroatoms. The van der Waals surface area contributed by atoms with Gasteiger partial charge in [0.15, 0.2) is 0 Å². The van der Waals surface area contributed by atoms with E-state index < -0.39 is 0 Å². The summed E-state index contributed by atoms with van der Waals surface area (Å²) in [6, 6.07) is 10.9. The van der Waals surface area contributed by atoms with E-state index in [1.54, 1.807) is 12.4 Å². The van der Waals surface area contributed by atoms with Gasteiger partial charge < -0.3 is 16.0 Å². The number of carbonyl (C=O) groups is 2. The molecule has 1 aromatic carbocycles. The first-order valence-corrected chi connectivity index (χ1v) is 8.32. The molecule has 0 unspecified atom stereocenters. The summed E-state index contributed by atoms with van der Waals surface area (Å²) in [7, 11) is 0. The van der Waals surface area contributed by atoms with E-state index in [2.05, 4.69) is 20.9 Å². The summed E-state index contributed by atoms with van der Waals surface area (Å²) in [5.74, 6) is 0.308. The van der Waals surface area contributed by atoms with Gasteiger partial charge >= 0.3 is 6.03 Å². The maximum Gasteiger partial charge on any atom is 0.315 e. The summed E-state index contributed by atoms with van der Waals surface area (Å²) in [6.07, 6.45) is 3.89. The highest BCUT2D eigenvalue weighted by molar-refractivity contribution is 5.90. The van der Waals surface area contributed by atoms with Gasteiger partial charge in [-0.1, -0.05) is 32.0 Å². The van der Waals surface area contributed by atoms with Crippen molar-refractivity contribution in [3.05, 3.63) is 59.9 Å². The molecule has 3 amide bonds. The fourth-order valence-corrected chi connectivity index (χ4v) is 2.27. The van der Waals surface area contributed by atoms with Crippen molar-refractivity contribution in [2.75, 3.05) is 5.32 Å². The normalized spacial score (nSPS) is 10.4. The highest BCUT2D eigenvalue weighted by atomic mass is 16.2. The first kappa shape index (κ1) is 18.4. The second kappa shape index (κ2) is 9.42. The van der Waals surface area contributed by atoms with E-state index >= 15 is 0 Å². The molecular weight excluding hydrogens is 316 g/mol. The number of carbonyl (C=O) groups excluding carboxylic acids is 2. The topological polar surface area (TPSA) is 83.1 Å². The van der Waals surface area contributed by atoms with E-state index in [4.69, 9.17) is 0 Å². The van der Waals surface area contributed by atoms with Gasteiger partial charge in [-0.2, -0.15) is 0 Å². The van der Waals surface area contributed by atoms with Crippen molar-refractivity contribution in [3.8, 4) is 0 Å². The van der Waals surface area contributed by atoms with Crippen LogP contribution in [0.4, 0.5) is 10.5 Å². The smallest absolute Gasteiger partial charge is 0.315 e. The molecule has 0 spiro atoms. The second-order valence-electron chi connectivity index (χ2n) is 6.24. The molecule has 0 bridgehead atoms. The Morgan fingerprint density at radius 2 is 1.76 bits per heavy atom. The molecule has 1 aromatic heterocycles. The third kappa shape index (κ3) is 7.03.